The molecule has 0 aliphatic rings. The molecule has 0 bridgehead atoms. The van der Waals surface area contributed by atoms with Crippen molar-refractivity contribution in [2.45, 2.75) is 46.2 Å². The first-order valence-corrected chi connectivity index (χ1v) is 8.27. The number of hydrogen-bond donors (Lipinski definition) is 2. The molecule has 0 aliphatic carbocycles. The summed E-state index contributed by atoms with van der Waals surface area (Å²) >= 11 is 1.58. The van der Waals surface area contributed by atoms with E-state index in [2.05, 4.69) is 20.7 Å². The minimum absolute atomic E-state index is 0.0547. The van der Waals surface area contributed by atoms with Gasteiger partial charge in [-0.25, -0.2) is 9.78 Å². The van der Waals surface area contributed by atoms with Crippen molar-refractivity contribution >= 4 is 17.4 Å². The van der Waals surface area contributed by atoms with Crippen LogP contribution in [0.25, 0.3) is 0 Å². The summed E-state index contributed by atoms with van der Waals surface area (Å²) in [5.41, 5.74) is 2.94. The topological polar surface area (TPSA) is 71.8 Å². The Hall–Kier alpha value is -1.89. The lowest BCUT2D eigenvalue weighted by atomic mass is 10.1. The third-order valence-corrected chi connectivity index (χ3v) is 4.59. The molecule has 0 aliphatic heterocycles. The summed E-state index contributed by atoms with van der Waals surface area (Å²) < 4.78 is 1.76. The Labute approximate surface area is 135 Å². The largest absolute Gasteiger partial charge is 0.332 e. The summed E-state index contributed by atoms with van der Waals surface area (Å²) in [4.78, 5) is 16.7. The molecule has 0 spiro atoms. The van der Waals surface area contributed by atoms with Gasteiger partial charge in [0.25, 0.3) is 0 Å². The summed E-state index contributed by atoms with van der Waals surface area (Å²) in [6.07, 6.45) is 2.74. The molecule has 0 fully saturated rings. The Morgan fingerprint density at radius 3 is 2.64 bits per heavy atom. The molecule has 0 saturated carbocycles. The maximum Gasteiger partial charge on any atom is 0.315 e. The Kier molecular flexibility index (Phi) is 5.18. The van der Waals surface area contributed by atoms with Crippen molar-refractivity contribution in [3.8, 4) is 0 Å². The van der Waals surface area contributed by atoms with Crippen LogP contribution in [0.3, 0.4) is 0 Å². The Bertz CT molecular complexity index is 648. The maximum absolute atomic E-state index is 12.2. The van der Waals surface area contributed by atoms with Crippen LogP contribution in [-0.4, -0.2) is 20.8 Å². The van der Waals surface area contributed by atoms with Crippen LogP contribution >= 0.6 is 11.3 Å². The van der Waals surface area contributed by atoms with Gasteiger partial charge in [-0.3, -0.25) is 4.68 Å². The van der Waals surface area contributed by atoms with Crippen molar-refractivity contribution in [2.75, 3.05) is 0 Å². The minimum atomic E-state index is -0.185. The molecular formula is C15H23N5OS. The van der Waals surface area contributed by atoms with Gasteiger partial charge in [-0.05, 0) is 27.2 Å². The highest BCUT2D eigenvalue weighted by atomic mass is 32.1. The smallest absolute Gasteiger partial charge is 0.315 e. The number of nitrogens with one attached hydrogen (secondary N) is 2. The van der Waals surface area contributed by atoms with Gasteiger partial charge in [0.2, 0.25) is 0 Å². The first-order valence-electron chi connectivity index (χ1n) is 7.39. The molecule has 2 rings (SSSR count). The van der Waals surface area contributed by atoms with Gasteiger partial charge in [-0.1, -0.05) is 6.92 Å². The fraction of sp³-hybridized carbons (Fsp3) is 0.533. The molecular weight excluding hydrogens is 298 g/mol. The van der Waals surface area contributed by atoms with Crippen molar-refractivity contribution in [3.05, 3.63) is 33.5 Å². The van der Waals surface area contributed by atoms with Crippen LogP contribution in [0.4, 0.5) is 4.79 Å². The van der Waals surface area contributed by atoms with Crippen molar-refractivity contribution in [2.24, 2.45) is 7.05 Å². The molecule has 0 aromatic carbocycles. The highest BCUT2D eigenvalue weighted by Crippen LogP contribution is 2.21. The molecule has 0 radical (unpaired) electrons. The normalized spacial score (nSPS) is 13.7. The average molecular weight is 321 g/mol. The van der Waals surface area contributed by atoms with Crippen LogP contribution in [0.15, 0.2) is 11.6 Å². The van der Waals surface area contributed by atoms with Crippen molar-refractivity contribution < 1.29 is 4.79 Å². The number of aryl methyl sites for hydroxylation is 3. The van der Waals surface area contributed by atoms with Gasteiger partial charge < -0.3 is 10.6 Å². The lowest BCUT2D eigenvalue weighted by Crippen LogP contribution is -2.39. The van der Waals surface area contributed by atoms with E-state index in [1.807, 2.05) is 46.3 Å². The quantitative estimate of drug-likeness (QED) is 0.889. The first-order chi connectivity index (χ1) is 10.4. The number of aromatic nitrogens is 3. The molecule has 7 heteroatoms. The third-order valence-electron chi connectivity index (χ3n) is 3.51. The van der Waals surface area contributed by atoms with Crippen molar-refractivity contribution in [1.29, 1.82) is 0 Å². The molecule has 2 N–H and O–H groups in total. The zero-order valence-corrected chi connectivity index (χ0v) is 14.5. The second kappa shape index (κ2) is 6.91. The molecule has 0 unspecified atom stereocenters. The van der Waals surface area contributed by atoms with E-state index >= 15 is 0 Å². The van der Waals surface area contributed by atoms with E-state index in [1.54, 1.807) is 16.0 Å². The van der Waals surface area contributed by atoms with Gasteiger partial charge in [0, 0.05) is 29.9 Å². The van der Waals surface area contributed by atoms with E-state index in [0.717, 1.165) is 28.4 Å². The van der Waals surface area contributed by atoms with Crippen LogP contribution < -0.4 is 10.6 Å². The fourth-order valence-electron chi connectivity index (χ4n) is 2.39. The number of urea groups is 1. The molecule has 0 saturated heterocycles. The Morgan fingerprint density at radius 1 is 1.41 bits per heavy atom. The van der Waals surface area contributed by atoms with E-state index in [-0.39, 0.29) is 18.1 Å². The number of rotatable bonds is 5. The maximum atomic E-state index is 12.2. The predicted octanol–water partition coefficient (Wildman–Crippen LogP) is 3.00. The Balaban J connectivity index is 1.98. The fourth-order valence-corrected chi connectivity index (χ4v) is 3.32. The SMILES string of the molecule is CC[C@@H](NC(=O)N[C@@H](C)c1cn(C)nc1C)c1nc(C)cs1. The van der Waals surface area contributed by atoms with E-state index in [9.17, 15) is 4.79 Å². The van der Waals surface area contributed by atoms with Crippen LogP contribution in [-0.2, 0) is 7.05 Å². The number of nitrogens with zero attached hydrogens (tertiary/aromatic N) is 3. The summed E-state index contributed by atoms with van der Waals surface area (Å²) in [5, 5.41) is 13.2. The highest BCUT2D eigenvalue weighted by molar-refractivity contribution is 7.09. The van der Waals surface area contributed by atoms with Gasteiger partial charge in [0.15, 0.2) is 0 Å². The summed E-state index contributed by atoms with van der Waals surface area (Å²) in [6.45, 7) is 7.90. The standard InChI is InChI=1S/C15H23N5OS/c1-6-13(14-16-9(2)8-22-14)18-15(21)17-10(3)12-7-20(5)19-11(12)4/h7-8,10,13H,6H2,1-5H3,(H2,17,18,21)/t10-,13+/m0/s1. The first kappa shape index (κ1) is 16.5. The molecule has 2 heterocycles. The highest BCUT2D eigenvalue weighted by Gasteiger charge is 2.18. The predicted molar refractivity (Wildman–Crippen MR) is 87.9 cm³/mol. The summed E-state index contributed by atoms with van der Waals surface area (Å²) in [7, 11) is 1.88. The van der Waals surface area contributed by atoms with Gasteiger partial charge in [0.1, 0.15) is 5.01 Å². The van der Waals surface area contributed by atoms with Crippen LogP contribution in [0.2, 0.25) is 0 Å². The molecule has 22 heavy (non-hydrogen) atoms. The molecule has 2 aromatic rings. The number of hydrogen-bond acceptors (Lipinski definition) is 4. The van der Waals surface area contributed by atoms with Gasteiger partial charge in [0.05, 0.1) is 17.8 Å². The van der Waals surface area contributed by atoms with Gasteiger partial charge in [-0.15, -0.1) is 11.3 Å². The molecule has 2 amide bonds. The van der Waals surface area contributed by atoms with E-state index in [1.165, 1.54) is 0 Å². The zero-order valence-electron chi connectivity index (χ0n) is 13.7. The van der Waals surface area contributed by atoms with Crippen LogP contribution in [0.5, 0.6) is 0 Å². The minimum Gasteiger partial charge on any atom is -0.332 e. The number of thiazole rings is 1. The molecule has 120 valence electrons. The lowest BCUT2D eigenvalue weighted by Gasteiger charge is -2.18. The Morgan fingerprint density at radius 2 is 2.14 bits per heavy atom. The van der Waals surface area contributed by atoms with Crippen molar-refractivity contribution in [1.82, 2.24) is 25.4 Å². The van der Waals surface area contributed by atoms with E-state index in [0.29, 0.717) is 0 Å². The third kappa shape index (κ3) is 3.85. The van der Waals surface area contributed by atoms with Crippen LogP contribution in [0, 0.1) is 13.8 Å². The van der Waals surface area contributed by atoms with E-state index < -0.39 is 0 Å². The summed E-state index contributed by atoms with van der Waals surface area (Å²) in [5.74, 6) is 0. The van der Waals surface area contributed by atoms with E-state index in [4.69, 9.17) is 0 Å². The molecule has 6 nitrogen and oxygen atoms in total. The summed E-state index contributed by atoms with van der Waals surface area (Å²) in [6, 6.07) is -0.333. The number of carbonyl (C=O) groups is 1. The van der Waals surface area contributed by atoms with Crippen LogP contribution in [0.1, 0.15) is 54.3 Å². The second-order valence-corrected chi connectivity index (χ2v) is 6.36. The average Bonchev–Trinajstić information content (AvgIpc) is 3.01. The van der Waals surface area contributed by atoms with Gasteiger partial charge in [-0.2, -0.15) is 5.10 Å². The molecule has 2 aromatic heterocycles. The monoisotopic (exact) mass is 321 g/mol. The zero-order chi connectivity index (χ0) is 16.3. The lowest BCUT2D eigenvalue weighted by molar-refractivity contribution is 0.233. The number of amides is 2. The van der Waals surface area contributed by atoms with Crippen molar-refractivity contribution in [3.63, 3.8) is 0 Å². The second-order valence-electron chi connectivity index (χ2n) is 5.47. The van der Waals surface area contributed by atoms with Gasteiger partial charge >= 0.3 is 6.03 Å². The number of carbonyl (C=O) groups excluding carboxylic acids is 1. The molecule has 2 atom stereocenters.